The molecular formula is C15H21NO4. The molecule has 0 spiro atoms. The number of carboxylic acid groups (broad SMARTS) is 1. The molecule has 2 rings (SSSR count). The molecule has 0 unspecified atom stereocenters. The van der Waals surface area contributed by atoms with Gasteiger partial charge in [0, 0.05) is 19.8 Å². The van der Waals surface area contributed by atoms with Crippen molar-refractivity contribution < 1.29 is 19.7 Å². The highest BCUT2D eigenvalue weighted by atomic mass is 16.5. The SMILES string of the molecule is CN(CC1CCOCC1)[C@H](C(=O)O)c1cccc(O)c1. The Labute approximate surface area is 118 Å². The van der Waals surface area contributed by atoms with Gasteiger partial charge in [-0.3, -0.25) is 9.69 Å². The third-order valence-corrected chi connectivity index (χ3v) is 3.75. The van der Waals surface area contributed by atoms with Crippen molar-refractivity contribution in [2.24, 2.45) is 5.92 Å². The zero-order valence-corrected chi connectivity index (χ0v) is 11.7. The third-order valence-electron chi connectivity index (χ3n) is 3.75. The lowest BCUT2D eigenvalue weighted by atomic mass is 9.97. The van der Waals surface area contributed by atoms with Crippen molar-refractivity contribution in [1.82, 2.24) is 4.90 Å². The van der Waals surface area contributed by atoms with Gasteiger partial charge in [0.15, 0.2) is 0 Å². The van der Waals surface area contributed by atoms with Crippen LogP contribution in [0.1, 0.15) is 24.4 Å². The Hall–Kier alpha value is -1.59. The van der Waals surface area contributed by atoms with Crippen LogP contribution >= 0.6 is 0 Å². The van der Waals surface area contributed by atoms with E-state index in [9.17, 15) is 15.0 Å². The summed E-state index contributed by atoms with van der Waals surface area (Å²) in [5, 5.41) is 19.0. The number of aliphatic carboxylic acids is 1. The maximum absolute atomic E-state index is 11.5. The summed E-state index contributed by atoms with van der Waals surface area (Å²) in [6.45, 7) is 2.22. The Morgan fingerprint density at radius 1 is 1.45 bits per heavy atom. The van der Waals surface area contributed by atoms with E-state index in [-0.39, 0.29) is 5.75 Å². The fraction of sp³-hybridized carbons (Fsp3) is 0.533. The molecule has 20 heavy (non-hydrogen) atoms. The molecule has 2 N–H and O–H groups in total. The lowest BCUT2D eigenvalue weighted by Crippen LogP contribution is -2.36. The number of carboxylic acids is 1. The maximum Gasteiger partial charge on any atom is 0.325 e. The zero-order valence-electron chi connectivity index (χ0n) is 11.7. The van der Waals surface area contributed by atoms with Gasteiger partial charge in [0.05, 0.1) is 0 Å². The summed E-state index contributed by atoms with van der Waals surface area (Å²) in [4.78, 5) is 13.4. The van der Waals surface area contributed by atoms with Gasteiger partial charge in [0.1, 0.15) is 11.8 Å². The van der Waals surface area contributed by atoms with E-state index in [0.29, 0.717) is 11.5 Å². The molecule has 0 aromatic heterocycles. The molecule has 0 saturated carbocycles. The predicted octanol–water partition coefficient (Wildman–Crippen LogP) is 1.88. The number of rotatable bonds is 5. The molecule has 110 valence electrons. The molecule has 1 aliphatic rings. The van der Waals surface area contributed by atoms with Crippen LogP contribution in [0.3, 0.4) is 0 Å². The molecule has 0 amide bonds. The zero-order chi connectivity index (χ0) is 14.5. The van der Waals surface area contributed by atoms with Gasteiger partial charge in [-0.15, -0.1) is 0 Å². The standard InChI is InChI=1S/C15H21NO4/c1-16(10-11-5-7-20-8-6-11)14(15(18)19)12-3-2-4-13(17)9-12/h2-4,9,11,14,17H,5-8,10H2,1H3,(H,18,19)/t14-/m0/s1. The van der Waals surface area contributed by atoms with Crippen molar-refractivity contribution in [3.63, 3.8) is 0 Å². The molecule has 1 aromatic carbocycles. The summed E-state index contributed by atoms with van der Waals surface area (Å²) >= 11 is 0. The van der Waals surface area contributed by atoms with Crippen LogP contribution in [0.25, 0.3) is 0 Å². The maximum atomic E-state index is 11.5. The molecule has 1 fully saturated rings. The summed E-state index contributed by atoms with van der Waals surface area (Å²) in [5.74, 6) is -0.341. The Balaban J connectivity index is 2.09. The summed E-state index contributed by atoms with van der Waals surface area (Å²) in [5.41, 5.74) is 0.604. The van der Waals surface area contributed by atoms with Crippen molar-refractivity contribution in [3.05, 3.63) is 29.8 Å². The van der Waals surface area contributed by atoms with Crippen LogP contribution in [0, 0.1) is 5.92 Å². The quantitative estimate of drug-likeness (QED) is 0.861. The molecule has 0 aliphatic carbocycles. The molecule has 1 heterocycles. The first kappa shape index (κ1) is 14.8. The molecule has 1 aromatic rings. The van der Waals surface area contributed by atoms with Crippen LogP contribution in [-0.4, -0.2) is 47.9 Å². The first-order valence-electron chi connectivity index (χ1n) is 6.87. The lowest BCUT2D eigenvalue weighted by molar-refractivity contribution is -0.143. The minimum absolute atomic E-state index is 0.0909. The van der Waals surface area contributed by atoms with Crippen LogP contribution in [0.15, 0.2) is 24.3 Å². The summed E-state index contributed by atoms with van der Waals surface area (Å²) in [6, 6.07) is 5.73. The van der Waals surface area contributed by atoms with Gasteiger partial charge in [-0.1, -0.05) is 12.1 Å². The van der Waals surface area contributed by atoms with E-state index in [2.05, 4.69) is 0 Å². The smallest absolute Gasteiger partial charge is 0.325 e. The van der Waals surface area contributed by atoms with E-state index in [1.54, 1.807) is 18.2 Å². The number of likely N-dealkylation sites (N-methyl/N-ethyl adjacent to an activating group) is 1. The van der Waals surface area contributed by atoms with E-state index >= 15 is 0 Å². The molecule has 0 bridgehead atoms. The van der Waals surface area contributed by atoms with E-state index in [1.165, 1.54) is 6.07 Å². The average molecular weight is 279 g/mol. The monoisotopic (exact) mass is 279 g/mol. The Morgan fingerprint density at radius 3 is 2.75 bits per heavy atom. The first-order chi connectivity index (χ1) is 9.58. The summed E-state index contributed by atoms with van der Waals surface area (Å²) < 4.78 is 5.32. The lowest BCUT2D eigenvalue weighted by Gasteiger charge is -2.31. The number of carbonyl (C=O) groups is 1. The highest BCUT2D eigenvalue weighted by molar-refractivity contribution is 5.75. The van der Waals surface area contributed by atoms with Crippen LogP contribution in [0.4, 0.5) is 0 Å². The summed E-state index contributed by atoms with van der Waals surface area (Å²) in [7, 11) is 1.82. The van der Waals surface area contributed by atoms with Gasteiger partial charge in [-0.05, 0) is 43.5 Å². The molecule has 1 aliphatic heterocycles. The van der Waals surface area contributed by atoms with E-state index in [1.807, 2.05) is 11.9 Å². The van der Waals surface area contributed by atoms with Crippen molar-refractivity contribution in [3.8, 4) is 5.75 Å². The number of phenolic OH excluding ortho intramolecular Hbond substituents is 1. The van der Waals surface area contributed by atoms with Crippen molar-refractivity contribution in [2.75, 3.05) is 26.8 Å². The normalized spacial score (nSPS) is 18.1. The van der Waals surface area contributed by atoms with Crippen molar-refractivity contribution >= 4 is 5.97 Å². The van der Waals surface area contributed by atoms with E-state index in [0.717, 1.165) is 32.6 Å². The highest BCUT2D eigenvalue weighted by Gasteiger charge is 2.27. The predicted molar refractivity (Wildman–Crippen MR) is 74.7 cm³/mol. The van der Waals surface area contributed by atoms with Gasteiger partial charge in [0.2, 0.25) is 0 Å². The molecule has 0 radical (unpaired) electrons. The number of aromatic hydroxyl groups is 1. The second-order valence-corrected chi connectivity index (χ2v) is 5.33. The number of benzene rings is 1. The van der Waals surface area contributed by atoms with E-state index < -0.39 is 12.0 Å². The third kappa shape index (κ3) is 3.71. The van der Waals surface area contributed by atoms with E-state index in [4.69, 9.17) is 4.74 Å². The molecule has 1 atom stereocenters. The van der Waals surface area contributed by atoms with Crippen LogP contribution in [-0.2, 0) is 9.53 Å². The first-order valence-corrected chi connectivity index (χ1v) is 6.87. The second kappa shape index (κ2) is 6.72. The largest absolute Gasteiger partial charge is 0.508 e. The van der Waals surface area contributed by atoms with Gasteiger partial charge in [0.25, 0.3) is 0 Å². The number of hydrogen-bond acceptors (Lipinski definition) is 4. The van der Waals surface area contributed by atoms with Gasteiger partial charge >= 0.3 is 5.97 Å². The Morgan fingerprint density at radius 2 is 2.15 bits per heavy atom. The number of ether oxygens (including phenoxy) is 1. The van der Waals surface area contributed by atoms with Gasteiger partial charge < -0.3 is 14.9 Å². The average Bonchev–Trinajstić information content (AvgIpc) is 2.39. The van der Waals surface area contributed by atoms with Gasteiger partial charge in [-0.2, -0.15) is 0 Å². The summed E-state index contributed by atoms with van der Waals surface area (Å²) in [6.07, 6.45) is 1.94. The number of nitrogens with zero attached hydrogens (tertiary/aromatic N) is 1. The molecular weight excluding hydrogens is 258 g/mol. The molecule has 5 nitrogen and oxygen atoms in total. The van der Waals surface area contributed by atoms with Crippen LogP contribution in [0.5, 0.6) is 5.75 Å². The second-order valence-electron chi connectivity index (χ2n) is 5.33. The van der Waals surface area contributed by atoms with Crippen LogP contribution < -0.4 is 0 Å². The fourth-order valence-electron chi connectivity index (χ4n) is 2.72. The molecule has 1 saturated heterocycles. The van der Waals surface area contributed by atoms with Crippen molar-refractivity contribution in [2.45, 2.75) is 18.9 Å². The Bertz CT molecular complexity index is 457. The van der Waals surface area contributed by atoms with Gasteiger partial charge in [-0.25, -0.2) is 0 Å². The number of hydrogen-bond donors (Lipinski definition) is 2. The molecule has 5 heteroatoms. The van der Waals surface area contributed by atoms with Crippen molar-refractivity contribution in [1.29, 1.82) is 0 Å². The van der Waals surface area contributed by atoms with Crippen LogP contribution in [0.2, 0.25) is 0 Å². The highest BCUT2D eigenvalue weighted by Crippen LogP contribution is 2.25. The Kier molecular flexibility index (Phi) is 4.98. The fourth-order valence-corrected chi connectivity index (χ4v) is 2.72. The minimum atomic E-state index is -0.898. The number of phenols is 1. The minimum Gasteiger partial charge on any atom is -0.508 e. The topological polar surface area (TPSA) is 70.0 Å².